The number of hydrogen-bond donors (Lipinski definition) is 0. The molecule has 0 bridgehead atoms. The highest BCUT2D eigenvalue weighted by atomic mass is 14.5. The molecule has 3 rings (SSSR count). The summed E-state index contributed by atoms with van der Waals surface area (Å²) in [5.41, 5.74) is 1.45. The Morgan fingerprint density at radius 2 is 1.39 bits per heavy atom. The van der Waals surface area contributed by atoms with Crippen LogP contribution in [-0.4, -0.2) is 0 Å². The van der Waals surface area contributed by atoms with Gasteiger partial charge in [0.2, 0.25) is 0 Å². The van der Waals surface area contributed by atoms with Crippen molar-refractivity contribution in [2.75, 3.05) is 0 Å². The number of rotatable bonds is 1. The first kappa shape index (κ1) is 13.0. The molecule has 1 spiro atoms. The van der Waals surface area contributed by atoms with Crippen LogP contribution in [0, 0.1) is 22.7 Å². The van der Waals surface area contributed by atoms with Crippen LogP contribution in [0.5, 0.6) is 0 Å². The van der Waals surface area contributed by atoms with Crippen LogP contribution in [0.25, 0.3) is 0 Å². The van der Waals surface area contributed by atoms with Crippen LogP contribution < -0.4 is 0 Å². The molecule has 104 valence electrons. The quantitative estimate of drug-likeness (QED) is 0.537. The van der Waals surface area contributed by atoms with Crippen LogP contribution in [0.4, 0.5) is 0 Å². The molecule has 0 heterocycles. The van der Waals surface area contributed by atoms with Gasteiger partial charge in [0.1, 0.15) is 0 Å². The van der Waals surface area contributed by atoms with Gasteiger partial charge in [-0.2, -0.15) is 0 Å². The van der Waals surface area contributed by atoms with Gasteiger partial charge in [0, 0.05) is 0 Å². The van der Waals surface area contributed by atoms with Crippen molar-refractivity contribution in [3.05, 3.63) is 0 Å². The molecule has 0 aromatic carbocycles. The van der Waals surface area contributed by atoms with E-state index < -0.39 is 0 Å². The summed E-state index contributed by atoms with van der Waals surface area (Å²) in [6.45, 7) is 5.03. The van der Waals surface area contributed by atoms with Crippen molar-refractivity contribution in [1.82, 2.24) is 0 Å². The van der Waals surface area contributed by atoms with E-state index in [1.165, 1.54) is 44.9 Å². The molecule has 2 atom stereocenters. The second kappa shape index (κ2) is 4.84. The van der Waals surface area contributed by atoms with E-state index in [-0.39, 0.29) is 0 Å². The van der Waals surface area contributed by atoms with E-state index in [1.54, 1.807) is 32.1 Å². The molecule has 0 N–H and O–H groups in total. The lowest BCUT2D eigenvalue weighted by molar-refractivity contribution is 0.0112. The van der Waals surface area contributed by atoms with E-state index in [1.807, 2.05) is 0 Å². The Kier molecular flexibility index (Phi) is 3.49. The maximum atomic E-state index is 2.52. The smallest absolute Gasteiger partial charge is 0.0267 e. The van der Waals surface area contributed by atoms with Gasteiger partial charge in [0.05, 0.1) is 0 Å². The van der Waals surface area contributed by atoms with E-state index in [4.69, 9.17) is 0 Å². The average Bonchev–Trinajstić information content (AvgIpc) is 2.77. The van der Waals surface area contributed by atoms with Crippen molar-refractivity contribution in [2.45, 2.75) is 90.9 Å². The standard InChI is InChI=1S/C18H32/c1-17(2)10-7-8-15(14-17)16-9-3-4-11-18(16)12-5-6-13-18/h15-16H,3-14H2,1-2H3. The molecule has 0 aromatic heterocycles. The fraction of sp³-hybridized carbons (Fsp3) is 1.00. The summed E-state index contributed by atoms with van der Waals surface area (Å²) in [6.07, 6.45) is 18.5. The summed E-state index contributed by atoms with van der Waals surface area (Å²) in [7, 11) is 0. The molecule has 0 aliphatic heterocycles. The SMILES string of the molecule is CC1(C)CCCC(C2CCCCC23CCCC3)C1. The van der Waals surface area contributed by atoms with Crippen LogP contribution in [0.3, 0.4) is 0 Å². The molecule has 0 radical (unpaired) electrons. The van der Waals surface area contributed by atoms with Gasteiger partial charge in [-0.05, 0) is 61.2 Å². The second-order valence-electron chi connectivity index (χ2n) is 8.44. The molecular weight excluding hydrogens is 216 g/mol. The van der Waals surface area contributed by atoms with Crippen molar-refractivity contribution < 1.29 is 0 Å². The third-order valence-electron chi connectivity index (χ3n) is 6.64. The minimum atomic E-state index is 0.639. The van der Waals surface area contributed by atoms with Gasteiger partial charge >= 0.3 is 0 Å². The van der Waals surface area contributed by atoms with E-state index in [2.05, 4.69) is 13.8 Å². The van der Waals surface area contributed by atoms with E-state index in [0.29, 0.717) is 5.41 Å². The van der Waals surface area contributed by atoms with Gasteiger partial charge in [0.25, 0.3) is 0 Å². The van der Waals surface area contributed by atoms with Crippen molar-refractivity contribution in [3.8, 4) is 0 Å². The van der Waals surface area contributed by atoms with Crippen LogP contribution in [-0.2, 0) is 0 Å². The summed E-state index contributed by atoms with van der Waals surface area (Å²) < 4.78 is 0. The zero-order valence-corrected chi connectivity index (χ0v) is 12.6. The predicted octanol–water partition coefficient (Wildman–Crippen LogP) is 5.95. The van der Waals surface area contributed by atoms with Gasteiger partial charge in [-0.1, -0.05) is 52.4 Å². The minimum absolute atomic E-state index is 0.639. The van der Waals surface area contributed by atoms with Crippen LogP contribution in [0.2, 0.25) is 0 Å². The molecule has 0 aromatic rings. The van der Waals surface area contributed by atoms with E-state index >= 15 is 0 Å². The van der Waals surface area contributed by atoms with Gasteiger partial charge < -0.3 is 0 Å². The molecule has 0 nitrogen and oxygen atoms in total. The monoisotopic (exact) mass is 248 g/mol. The number of hydrogen-bond acceptors (Lipinski definition) is 0. The topological polar surface area (TPSA) is 0 Å². The molecule has 3 fully saturated rings. The molecule has 3 aliphatic carbocycles. The minimum Gasteiger partial charge on any atom is -0.0599 e. The summed E-state index contributed by atoms with van der Waals surface area (Å²) in [5, 5.41) is 0. The Bertz CT molecular complexity index is 282. The molecule has 3 aliphatic rings. The highest BCUT2D eigenvalue weighted by Gasteiger charge is 2.47. The molecule has 0 saturated heterocycles. The Hall–Kier alpha value is 0. The fourth-order valence-electron chi connectivity index (χ4n) is 5.87. The maximum absolute atomic E-state index is 2.52. The second-order valence-corrected chi connectivity index (χ2v) is 8.44. The lowest BCUT2D eigenvalue weighted by Gasteiger charge is -2.49. The lowest BCUT2D eigenvalue weighted by Crippen LogP contribution is -2.39. The zero-order chi connectivity index (χ0) is 12.6. The zero-order valence-electron chi connectivity index (χ0n) is 12.6. The Morgan fingerprint density at radius 1 is 0.722 bits per heavy atom. The van der Waals surface area contributed by atoms with Crippen molar-refractivity contribution >= 4 is 0 Å². The van der Waals surface area contributed by atoms with E-state index in [9.17, 15) is 0 Å². The normalized spacial score (nSPS) is 39.0. The van der Waals surface area contributed by atoms with Gasteiger partial charge in [-0.15, -0.1) is 0 Å². The van der Waals surface area contributed by atoms with Crippen LogP contribution >= 0.6 is 0 Å². The van der Waals surface area contributed by atoms with Crippen LogP contribution in [0.1, 0.15) is 90.9 Å². The van der Waals surface area contributed by atoms with Crippen molar-refractivity contribution in [2.24, 2.45) is 22.7 Å². The molecule has 2 unspecified atom stereocenters. The Labute approximate surface area is 114 Å². The summed E-state index contributed by atoms with van der Waals surface area (Å²) in [4.78, 5) is 0. The fourth-order valence-corrected chi connectivity index (χ4v) is 5.87. The average molecular weight is 248 g/mol. The predicted molar refractivity (Wildman–Crippen MR) is 78.6 cm³/mol. The van der Waals surface area contributed by atoms with Crippen LogP contribution in [0.15, 0.2) is 0 Å². The lowest BCUT2D eigenvalue weighted by atomic mass is 9.56. The molecule has 0 amide bonds. The van der Waals surface area contributed by atoms with Gasteiger partial charge in [-0.25, -0.2) is 0 Å². The summed E-state index contributed by atoms with van der Waals surface area (Å²) in [6, 6.07) is 0. The largest absolute Gasteiger partial charge is 0.0599 e. The third-order valence-corrected chi connectivity index (χ3v) is 6.64. The van der Waals surface area contributed by atoms with E-state index in [0.717, 1.165) is 17.3 Å². The highest BCUT2D eigenvalue weighted by molar-refractivity contribution is 4.97. The summed E-state index contributed by atoms with van der Waals surface area (Å²) in [5.74, 6) is 2.18. The van der Waals surface area contributed by atoms with Gasteiger partial charge in [0.15, 0.2) is 0 Å². The van der Waals surface area contributed by atoms with Crippen molar-refractivity contribution in [1.29, 1.82) is 0 Å². The van der Waals surface area contributed by atoms with Gasteiger partial charge in [-0.3, -0.25) is 0 Å². The summed E-state index contributed by atoms with van der Waals surface area (Å²) >= 11 is 0. The Balaban J connectivity index is 1.76. The first-order valence-corrected chi connectivity index (χ1v) is 8.61. The molecule has 3 saturated carbocycles. The first-order chi connectivity index (χ1) is 8.61. The highest BCUT2D eigenvalue weighted by Crippen LogP contribution is 2.58. The molecule has 18 heavy (non-hydrogen) atoms. The molecule has 0 heteroatoms. The first-order valence-electron chi connectivity index (χ1n) is 8.61. The maximum Gasteiger partial charge on any atom is -0.0267 e. The Morgan fingerprint density at radius 3 is 2.06 bits per heavy atom. The van der Waals surface area contributed by atoms with Crippen molar-refractivity contribution in [3.63, 3.8) is 0 Å². The third kappa shape index (κ3) is 2.37. The molecular formula is C18H32.